The molecule has 84 valence electrons. The van der Waals surface area contributed by atoms with Crippen molar-refractivity contribution >= 4 is 33.3 Å². The maximum Gasteiger partial charge on any atom is 0.124 e. The summed E-state index contributed by atoms with van der Waals surface area (Å²) in [6, 6.07) is 5.62. The summed E-state index contributed by atoms with van der Waals surface area (Å²) in [5.74, 6) is 0.678. The van der Waals surface area contributed by atoms with Crippen LogP contribution >= 0.6 is 27.5 Å². The zero-order chi connectivity index (χ0) is 11.9. The summed E-state index contributed by atoms with van der Waals surface area (Å²) in [5, 5.41) is 5.08. The largest absolute Gasteiger partial charge is 0.384 e. The zero-order valence-corrected chi connectivity index (χ0v) is 11.3. The topological polar surface area (TPSA) is 43.8 Å². The van der Waals surface area contributed by atoms with Crippen molar-refractivity contribution in [3.63, 3.8) is 0 Å². The highest BCUT2D eigenvalue weighted by molar-refractivity contribution is 9.10. The van der Waals surface area contributed by atoms with Crippen molar-refractivity contribution < 1.29 is 0 Å². The summed E-state index contributed by atoms with van der Waals surface area (Å²) < 4.78 is 2.59. The lowest BCUT2D eigenvalue weighted by molar-refractivity contribution is 0.782. The highest BCUT2D eigenvalue weighted by Gasteiger charge is 2.13. The number of halogens is 2. The molecule has 1 aromatic carbocycles. The minimum atomic E-state index is 0.678. The number of hydrogen-bond donors (Lipinski definition) is 1. The lowest BCUT2D eigenvalue weighted by atomic mass is 10.1. The fourth-order valence-electron chi connectivity index (χ4n) is 1.58. The first-order valence-electron chi connectivity index (χ1n) is 4.75. The van der Waals surface area contributed by atoms with E-state index in [4.69, 9.17) is 17.3 Å². The summed E-state index contributed by atoms with van der Waals surface area (Å²) in [6.07, 6.45) is 0. The first-order valence-corrected chi connectivity index (χ1v) is 5.92. The molecule has 0 saturated carbocycles. The Morgan fingerprint density at radius 1 is 1.44 bits per heavy atom. The molecule has 0 spiro atoms. The molecule has 5 heteroatoms. The molecule has 1 aromatic heterocycles. The normalized spacial score (nSPS) is 10.8. The molecule has 0 amide bonds. The van der Waals surface area contributed by atoms with E-state index in [1.54, 1.807) is 4.68 Å². The number of hydrogen-bond acceptors (Lipinski definition) is 2. The molecular weight excluding hydrogens is 289 g/mol. The van der Waals surface area contributed by atoms with E-state index >= 15 is 0 Å². The van der Waals surface area contributed by atoms with Gasteiger partial charge in [0.15, 0.2) is 0 Å². The Morgan fingerprint density at radius 2 is 2.12 bits per heavy atom. The molecule has 0 bridgehead atoms. The fourth-order valence-corrected chi connectivity index (χ4v) is 2.45. The summed E-state index contributed by atoms with van der Waals surface area (Å²) >= 11 is 9.38. The van der Waals surface area contributed by atoms with E-state index in [1.807, 2.05) is 32.2 Å². The molecule has 0 unspecified atom stereocenters. The van der Waals surface area contributed by atoms with Crippen LogP contribution in [0, 0.1) is 6.92 Å². The van der Waals surface area contributed by atoms with Gasteiger partial charge < -0.3 is 5.73 Å². The molecule has 0 aliphatic carbocycles. The van der Waals surface area contributed by atoms with Crippen LogP contribution in [0.25, 0.3) is 11.3 Å². The van der Waals surface area contributed by atoms with Gasteiger partial charge in [-0.2, -0.15) is 5.10 Å². The maximum absolute atomic E-state index is 5.90. The van der Waals surface area contributed by atoms with Gasteiger partial charge in [0.05, 0.1) is 5.69 Å². The Kier molecular flexibility index (Phi) is 2.95. The quantitative estimate of drug-likeness (QED) is 0.877. The number of rotatable bonds is 1. The average molecular weight is 301 g/mol. The summed E-state index contributed by atoms with van der Waals surface area (Å²) in [6.45, 7) is 1.96. The van der Waals surface area contributed by atoms with Crippen LogP contribution in [0.3, 0.4) is 0 Å². The lowest BCUT2D eigenvalue weighted by Crippen LogP contribution is -1.97. The van der Waals surface area contributed by atoms with Gasteiger partial charge in [-0.25, -0.2) is 0 Å². The smallest absolute Gasteiger partial charge is 0.124 e. The molecule has 0 saturated heterocycles. The lowest BCUT2D eigenvalue weighted by Gasteiger charge is -2.02. The minimum Gasteiger partial charge on any atom is -0.384 e. The fraction of sp³-hybridized carbons (Fsp3) is 0.182. The molecule has 2 rings (SSSR count). The Morgan fingerprint density at radius 3 is 2.62 bits per heavy atom. The van der Waals surface area contributed by atoms with E-state index < -0.39 is 0 Å². The highest BCUT2D eigenvalue weighted by atomic mass is 79.9. The summed E-state index contributed by atoms with van der Waals surface area (Å²) in [5.41, 5.74) is 8.73. The van der Waals surface area contributed by atoms with Gasteiger partial charge >= 0.3 is 0 Å². The van der Waals surface area contributed by atoms with E-state index in [0.29, 0.717) is 10.8 Å². The third-order valence-electron chi connectivity index (χ3n) is 2.52. The van der Waals surface area contributed by atoms with Crippen molar-refractivity contribution in [1.29, 1.82) is 0 Å². The van der Waals surface area contributed by atoms with Crippen LogP contribution in [0.15, 0.2) is 22.7 Å². The van der Waals surface area contributed by atoms with Gasteiger partial charge in [0.1, 0.15) is 5.82 Å². The number of aryl methyl sites for hydroxylation is 1. The molecule has 2 N–H and O–H groups in total. The van der Waals surface area contributed by atoms with E-state index in [-0.39, 0.29) is 0 Å². The standard InChI is InChI=1S/C11H11BrClN3/c1-6-10(15-16(2)11(6)14)8-4-3-7(13)5-9(8)12/h3-5H,14H2,1-2H3. The van der Waals surface area contributed by atoms with E-state index in [9.17, 15) is 0 Å². The van der Waals surface area contributed by atoms with Gasteiger partial charge in [-0.05, 0) is 19.1 Å². The SMILES string of the molecule is Cc1c(-c2ccc(Cl)cc2Br)nn(C)c1N. The zero-order valence-electron chi connectivity index (χ0n) is 8.96. The molecule has 3 nitrogen and oxygen atoms in total. The van der Waals surface area contributed by atoms with Crippen molar-refractivity contribution in [3.05, 3.63) is 33.3 Å². The molecule has 1 heterocycles. The minimum absolute atomic E-state index is 0.678. The molecule has 0 fully saturated rings. The van der Waals surface area contributed by atoms with Crippen molar-refractivity contribution in [2.24, 2.45) is 7.05 Å². The van der Waals surface area contributed by atoms with Crippen molar-refractivity contribution in [3.8, 4) is 11.3 Å². The third kappa shape index (κ3) is 1.83. The van der Waals surface area contributed by atoms with Crippen molar-refractivity contribution in [2.45, 2.75) is 6.92 Å². The molecule has 0 aliphatic heterocycles. The number of nitrogens with zero attached hydrogens (tertiary/aromatic N) is 2. The van der Waals surface area contributed by atoms with Crippen LogP contribution in [-0.4, -0.2) is 9.78 Å². The Hall–Kier alpha value is -1.00. The Labute approximate surface area is 107 Å². The van der Waals surface area contributed by atoms with Crippen LogP contribution < -0.4 is 5.73 Å². The third-order valence-corrected chi connectivity index (χ3v) is 3.42. The molecular formula is C11H11BrClN3. The number of aromatic nitrogens is 2. The van der Waals surface area contributed by atoms with Crippen LogP contribution in [-0.2, 0) is 7.05 Å². The average Bonchev–Trinajstić information content (AvgIpc) is 2.46. The van der Waals surface area contributed by atoms with Gasteiger partial charge in [0.2, 0.25) is 0 Å². The predicted octanol–water partition coefficient (Wildman–Crippen LogP) is 3.39. The summed E-state index contributed by atoms with van der Waals surface area (Å²) in [4.78, 5) is 0. The molecule has 0 atom stereocenters. The Bertz CT molecular complexity index is 548. The van der Waals surface area contributed by atoms with Crippen LogP contribution in [0.4, 0.5) is 5.82 Å². The highest BCUT2D eigenvalue weighted by Crippen LogP contribution is 2.33. The van der Waals surface area contributed by atoms with Crippen LogP contribution in [0.2, 0.25) is 5.02 Å². The van der Waals surface area contributed by atoms with Gasteiger partial charge in [0, 0.05) is 27.7 Å². The van der Waals surface area contributed by atoms with E-state index in [2.05, 4.69) is 21.0 Å². The first kappa shape index (κ1) is 11.5. The maximum atomic E-state index is 5.90. The van der Waals surface area contributed by atoms with Gasteiger partial charge in [-0.1, -0.05) is 33.6 Å². The number of benzene rings is 1. The van der Waals surface area contributed by atoms with Crippen molar-refractivity contribution in [1.82, 2.24) is 9.78 Å². The molecule has 0 aliphatic rings. The molecule has 16 heavy (non-hydrogen) atoms. The second-order valence-electron chi connectivity index (χ2n) is 3.61. The number of anilines is 1. The van der Waals surface area contributed by atoms with Gasteiger partial charge in [-0.15, -0.1) is 0 Å². The number of nitrogen functional groups attached to an aromatic ring is 1. The second kappa shape index (κ2) is 4.11. The molecule has 2 aromatic rings. The van der Waals surface area contributed by atoms with Crippen LogP contribution in [0.1, 0.15) is 5.56 Å². The number of nitrogens with two attached hydrogens (primary N) is 1. The van der Waals surface area contributed by atoms with Crippen LogP contribution in [0.5, 0.6) is 0 Å². The van der Waals surface area contributed by atoms with E-state index in [0.717, 1.165) is 21.3 Å². The monoisotopic (exact) mass is 299 g/mol. The van der Waals surface area contributed by atoms with Crippen molar-refractivity contribution in [2.75, 3.05) is 5.73 Å². The van der Waals surface area contributed by atoms with Gasteiger partial charge in [-0.3, -0.25) is 4.68 Å². The first-order chi connectivity index (χ1) is 7.50. The second-order valence-corrected chi connectivity index (χ2v) is 4.90. The summed E-state index contributed by atoms with van der Waals surface area (Å²) in [7, 11) is 1.83. The molecule has 0 radical (unpaired) electrons. The van der Waals surface area contributed by atoms with E-state index in [1.165, 1.54) is 0 Å². The predicted molar refractivity (Wildman–Crippen MR) is 70.5 cm³/mol. The Balaban J connectivity index is 2.63. The van der Waals surface area contributed by atoms with Gasteiger partial charge in [0.25, 0.3) is 0 Å².